The van der Waals surface area contributed by atoms with Crippen molar-refractivity contribution in [2.24, 2.45) is 10.1 Å². The summed E-state index contributed by atoms with van der Waals surface area (Å²) in [4.78, 5) is 16.7. The van der Waals surface area contributed by atoms with Crippen molar-refractivity contribution >= 4 is 59.9 Å². The lowest BCUT2D eigenvalue weighted by Crippen LogP contribution is -2.35. The lowest BCUT2D eigenvalue weighted by molar-refractivity contribution is -0.114. The minimum absolute atomic E-state index is 0.0217. The molecule has 3 aromatic rings. The second kappa shape index (κ2) is 9.28. The Labute approximate surface area is 211 Å². The minimum Gasteiger partial charge on any atom is -0.497 e. The predicted octanol–water partition coefficient (Wildman–Crippen LogP) is 3.35. The quantitative estimate of drug-likeness (QED) is 0.491. The number of amidine groups is 2. The molecule has 1 amide bonds. The number of thioether (sulfide) groups is 1. The van der Waals surface area contributed by atoms with Gasteiger partial charge in [0, 0.05) is 35.0 Å². The number of nitrogens with one attached hydrogen (secondary N) is 1. The zero-order valence-corrected chi connectivity index (χ0v) is 21.0. The van der Waals surface area contributed by atoms with Crippen LogP contribution >= 0.6 is 11.8 Å². The third-order valence-corrected chi connectivity index (χ3v) is 8.09. The molecule has 0 unspecified atom stereocenters. The smallest absolute Gasteiger partial charge is 0.283 e. The van der Waals surface area contributed by atoms with Crippen LogP contribution in [0.1, 0.15) is 5.56 Å². The van der Waals surface area contributed by atoms with Crippen LogP contribution in [-0.4, -0.2) is 59.3 Å². The van der Waals surface area contributed by atoms with Gasteiger partial charge in [0.05, 0.1) is 19.2 Å². The highest BCUT2D eigenvalue weighted by atomic mass is 32.3. The molecule has 2 aliphatic heterocycles. The summed E-state index contributed by atoms with van der Waals surface area (Å²) >= 11 is 0.757. The zero-order valence-electron chi connectivity index (χ0n) is 19.3. The van der Waals surface area contributed by atoms with Gasteiger partial charge in [0.25, 0.3) is 5.91 Å². The highest BCUT2D eigenvalue weighted by Crippen LogP contribution is 2.31. The van der Waals surface area contributed by atoms with Gasteiger partial charge in [0.2, 0.25) is 19.4 Å². The molecule has 0 radical (unpaired) electrons. The van der Waals surface area contributed by atoms with Crippen molar-refractivity contribution in [1.82, 2.24) is 9.58 Å². The zero-order chi connectivity index (χ0) is 25.4. The molecule has 2 aliphatic rings. The normalized spacial score (nSPS) is 16.8. The first kappa shape index (κ1) is 23.8. The standard InChI is InChI=1S/C24H21N5O5S2/c1-33-16-6-5-7-17(13-16)34-11-10-28-14-15(18-8-3-4-9-20(18)28)12-19-21(25)29-23(26-22(19)30)35-24(27-29)36(2,31)32/h3-9,12-14,25H,10-11H2,1-2H3/b19-12-,25-21?. The number of sulfone groups is 1. The second-order valence-corrected chi connectivity index (χ2v) is 11.1. The molecule has 0 atom stereocenters. The molecule has 0 bridgehead atoms. The van der Waals surface area contributed by atoms with Gasteiger partial charge in [-0.3, -0.25) is 10.2 Å². The number of ether oxygens (including phenoxy) is 2. The average Bonchev–Trinajstić information content (AvgIpc) is 3.44. The Morgan fingerprint density at radius 3 is 2.69 bits per heavy atom. The molecule has 0 spiro atoms. The molecule has 3 heterocycles. The van der Waals surface area contributed by atoms with Gasteiger partial charge in [-0.15, -0.1) is 5.10 Å². The Kier molecular flexibility index (Phi) is 6.14. The molecule has 36 heavy (non-hydrogen) atoms. The summed E-state index contributed by atoms with van der Waals surface area (Å²) in [5, 5.41) is 14.5. The first-order valence-corrected chi connectivity index (χ1v) is 13.5. The number of hydrogen-bond acceptors (Lipinski definition) is 8. The largest absolute Gasteiger partial charge is 0.497 e. The van der Waals surface area contributed by atoms with Gasteiger partial charge >= 0.3 is 0 Å². The van der Waals surface area contributed by atoms with Crippen LogP contribution in [0, 0.1) is 5.41 Å². The Morgan fingerprint density at radius 1 is 1.14 bits per heavy atom. The Hall–Kier alpha value is -3.90. The van der Waals surface area contributed by atoms with Gasteiger partial charge in [0.15, 0.2) is 5.84 Å². The van der Waals surface area contributed by atoms with E-state index < -0.39 is 15.7 Å². The lowest BCUT2D eigenvalue weighted by atomic mass is 10.1. The fourth-order valence-corrected chi connectivity index (χ4v) is 5.49. The molecule has 5 rings (SSSR count). The summed E-state index contributed by atoms with van der Waals surface area (Å²) in [6.07, 6.45) is 4.49. The molecule has 1 N–H and O–H groups in total. The van der Waals surface area contributed by atoms with Gasteiger partial charge in [-0.2, -0.15) is 10.0 Å². The molecule has 1 aromatic heterocycles. The van der Waals surface area contributed by atoms with Crippen LogP contribution in [0.25, 0.3) is 17.0 Å². The SMILES string of the molecule is COc1cccc(OCCn2cc(/C=C3/C(=N)N4N=C(S(C)(=O)=O)SC4=NC3=O)c3ccccc32)c1. The van der Waals surface area contributed by atoms with Crippen LogP contribution in [0.4, 0.5) is 0 Å². The van der Waals surface area contributed by atoms with E-state index in [-0.39, 0.29) is 21.0 Å². The molecule has 2 aromatic carbocycles. The molecule has 12 heteroatoms. The fraction of sp³-hybridized carbons (Fsp3) is 0.167. The van der Waals surface area contributed by atoms with Crippen LogP contribution in [0.5, 0.6) is 11.5 Å². The van der Waals surface area contributed by atoms with Crippen molar-refractivity contribution in [3.8, 4) is 11.5 Å². The van der Waals surface area contributed by atoms with E-state index in [9.17, 15) is 13.2 Å². The molecule has 10 nitrogen and oxygen atoms in total. The molecular weight excluding hydrogens is 502 g/mol. The van der Waals surface area contributed by atoms with E-state index in [1.165, 1.54) is 0 Å². The highest BCUT2D eigenvalue weighted by molar-refractivity contribution is 8.42. The van der Waals surface area contributed by atoms with E-state index in [0.29, 0.717) is 24.7 Å². The maximum Gasteiger partial charge on any atom is 0.283 e. The molecule has 0 saturated heterocycles. The van der Waals surface area contributed by atoms with E-state index in [4.69, 9.17) is 14.9 Å². The van der Waals surface area contributed by atoms with Crippen LogP contribution in [0.15, 0.2) is 70.4 Å². The number of methoxy groups -OCH3 is 1. The van der Waals surface area contributed by atoms with Gasteiger partial charge in [0.1, 0.15) is 18.1 Å². The minimum atomic E-state index is -3.60. The van der Waals surface area contributed by atoms with E-state index in [1.807, 2.05) is 59.3 Å². The maximum atomic E-state index is 12.8. The first-order valence-electron chi connectivity index (χ1n) is 10.8. The third kappa shape index (κ3) is 4.52. The van der Waals surface area contributed by atoms with Crippen LogP contribution < -0.4 is 9.47 Å². The summed E-state index contributed by atoms with van der Waals surface area (Å²) < 4.78 is 36.7. The summed E-state index contributed by atoms with van der Waals surface area (Å²) in [5.74, 6) is 0.555. The highest BCUT2D eigenvalue weighted by Gasteiger charge is 2.38. The Bertz CT molecular complexity index is 1600. The van der Waals surface area contributed by atoms with Crippen molar-refractivity contribution in [3.63, 3.8) is 0 Å². The van der Waals surface area contributed by atoms with Crippen molar-refractivity contribution < 1.29 is 22.7 Å². The molecule has 184 valence electrons. The number of hydrogen-bond donors (Lipinski definition) is 1. The van der Waals surface area contributed by atoms with Gasteiger partial charge in [-0.25, -0.2) is 8.42 Å². The number of hydrazone groups is 1. The van der Waals surface area contributed by atoms with E-state index >= 15 is 0 Å². The van der Waals surface area contributed by atoms with Crippen LogP contribution in [0.3, 0.4) is 0 Å². The number of fused-ring (bicyclic) bond motifs is 2. The third-order valence-electron chi connectivity index (χ3n) is 5.51. The van der Waals surface area contributed by atoms with Crippen LogP contribution in [-0.2, 0) is 21.2 Å². The van der Waals surface area contributed by atoms with E-state index in [1.54, 1.807) is 13.2 Å². The molecule has 0 aliphatic carbocycles. The Balaban J connectivity index is 1.43. The monoisotopic (exact) mass is 523 g/mol. The summed E-state index contributed by atoms with van der Waals surface area (Å²) in [6, 6.07) is 15.1. The van der Waals surface area contributed by atoms with E-state index in [0.717, 1.165) is 39.5 Å². The van der Waals surface area contributed by atoms with Crippen molar-refractivity contribution in [2.75, 3.05) is 20.0 Å². The molecule has 0 fully saturated rings. The molecular formula is C24H21N5O5S2. The number of aromatic nitrogens is 1. The van der Waals surface area contributed by atoms with Crippen molar-refractivity contribution in [3.05, 3.63) is 65.9 Å². The van der Waals surface area contributed by atoms with E-state index in [2.05, 4.69) is 10.1 Å². The maximum absolute atomic E-state index is 12.8. The van der Waals surface area contributed by atoms with Gasteiger partial charge < -0.3 is 14.0 Å². The summed E-state index contributed by atoms with van der Waals surface area (Å²) in [6.45, 7) is 0.942. The Morgan fingerprint density at radius 2 is 1.92 bits per heavy atom. The molecule has 0 saturated carbocycles. The number of amides is 1. The number of nitrogens with zero attached hydrogens (tertiary/aromatic N) is 4. The predicted molar refractivity (Wildman–Crippen MR) is 140 cm³/mol. The van der Waals surface area contributed by atoms with Gasteiger partial charge in [-0.1, -0.05) is 24.3 Å². The van der Waals surface area contributed by atoms with Crippen molar-refractivity contribution in [2.45, 2.75) is 6.54 Å². The second-order valence-electron chi connectivity index (χ2n) is 7.98. The summed E-state index contributed by atoms with van der Waals surface area (Å²) in [7, 11) is -1.99. The lowest BCUT2D eigenvalue weighted by Gasteiger charge is -2.19. The summed E-state index contributed by atoms with van der Waals surface area (Å²) in [5.41, 5.74) is 1.68. The number of rotatable bonds is 6. The number of benzene rings is 2. The van der Waals surface area contributed by atoms with Crippen LogP contribution in [0.2, 0.25) is 0 Å². The average molecular weight is 524 g/mol. The first-order chi connectivity index (χ1) is 17.2. The van der Waals surface area contributed by atoms with Crippen molar-refractivity contribution in [1.29, 1.82) is 5.41 Å². The van der Waals surface area contributed by atoms with Gasteiger partial charge in [-0.05, 0) is 36.0 Å². The number of para-hydroxylation sites is 1. The topological polar surface area (TPSA) is 126 Å². The number of aliphatic imine (C=N–C) groups is 1. The fourth-order valence-electron chi connectivity index (χ4n) is 3.81. The number of carbonyl (C=O) groups excluding carboxylic acids is 1. The number of carbonyl (C=O) groups is 1.